The molecule has 0 spiro atoms. The molecule has 1 aromatic rings. The normalized spacial score (nSPS) is 19.1. The van der Waals surface area contributed by atoms with E-state index in [1.54, 1.807) is 13.0 Å². The number of rotatable bonds is 3. The van der Waals surface area contributed by atoms with Gasteiger partial charge in [-0.2, -0.15) is 0 Å². The number of carbonyl (C=O) groups is 1. The molecule has 16 heavy (non-hydrogen) atoms. The first-order chi connectivity index (χ1) is 7.43. The molecule has 0 aliphatic heterocycles. The van der Waals surface area contributed by atoms with E-state index in [9.17, 15) is 9.00 Å². The van der Waals surface area contributed by atoms with Gasteiger partial charge in [-0.15, -0.1) is 0 Å². The monoisotopic (exact) mass is 239 g/mol. The number of hydrogen-bond acceptors (Lipinski definition) is 3. The van der Waals surface area contributed by atoms with Crippen LogP contribution >= 0.6 is 0 Å². The first-order valence-corrected chi connectivity index (χ1v) is 6.66. The van der Waals surface area contributed by atoms with Crippen molar-refractivity contribution in [3.63, 3.8) is 0 Å². The highest BCUT2D eigenvalue weighted by Crippen LogP contribution is 2.34. The van der Waals surface area contributed by atoms with Crippen LogP contribution in [0.3, 0.4) is 0 Å². The summed E-state index contributed by atoms with van der Waals surface area (Å²) < 4.78 is 19.9. The van der Waals surface area contributed by atoms with Gasteiger partial charge < -0.3 is 5.11 Å². The van der Waals surface area contributed by atoms with Gasteiger partial charge in [-0.05, 0) is 43.5 Å². The van der Waals surface area contributed by atoms with Crippen LogP contribution in [0.1, 0.15) is 28.8 Å². The summed E-state index contributed by atoms with van der Waals surface area (Å²) >= 11 is 0. The Balaban J connectivity index is 2.45. The standard InChI is InChI=1S/C11H13NO3S/c1-7-6-9(4-5-10(7)11(13)14)16(12,15)8-2-3-8/h4-6,8,12H,2-3H2,1H3,(H,13,14). The van der Waals surface area contributed by atoms with Crippen LogP contribution in [-0.4, -0.2) is 20.5 Å². The predicted molar refractivity (Wildman–Crippen MR) is 60.3 cm³/mol. The minimum atomic E-state index is -2.72. The van der Waals surface area contributed by atoms with E-state index in [0.717, 1.165) is 12.8 Å². The number of aryl methyl sites for hydroxylation is 1. The molecule has 0 saturated heterocycles. The lowest BCUT2D eigenvalue weighted by Crippen LogP contribution is -2.07. The summed E-state index contributed by atoms with van der Waals surface area (Å²) in [5.74, 6) is -0.994. The molecule has 0 amide bonds. The van der Waals surface area contributed by atoms with Gasteiger partial charge in [0.15, 0.2) is 0 Å². The van der Waals surface area contributed by atoms with Crippen LogP contribution in [0, 0.1) is 11.7 Å². The molecular formula is C11H13NO3S. The quantitative estimate of drug-likeness (QED) is 0.849. The Labute approximate surface area is 94.3 Å². The molecular weight excluding hydrogens is 226 g/mol. The number of nitrogens with one attached hydrogen (secondary N) is 1. The van der Waals surface area contributed by atoms with Crippen molar-refractivity contribution in [2.24, 2.45) is 0 Å². The van der Waals surface area contributed by atoms with Crippen molar-refractivity contribution in [2.45, 2.75) is 29.9 Å². The van der Waals surface area contributed by atoms with Crippen molar-refractivity contribution in [3.8, 4) is 0 Å². The van der Waals surface area contributed by atoms with Crippen molar-refractivity contribution in [1.29, 1.82) is 4.78 Å². The minimum absolute atomic E-state index is 0.0393. The molecule has 1 atom stereocenters. The topological polar surface area (TPSA) is 78.2 Å². The lowest BCUT2D eigenvalue weighted by molar-refractivity contribution is 0.0696. The smallest absolute Gasteiger partial charge is 0.335 e. The van der Waals surface area contributed by atoms with Crippen LogP contribution < -0.4 is 0 Å². The van der Waals surface area contributed by atoms with E-state index < -0.39 is 15.7 Å². The Kier molecular flexibility index (Phi) is 2.50. The van der Waals surface area contributed by atoms with Crippen LogP contribution in [0.5, 0.6) is 0 Å². The number of carboxylic acids is 1. The molecule has 0 radical (unpaired) electrons. The van der Waals surface area contributed by atoms with E-state index in [2.05, 4.69) is 0 Å². The van der Waals surface area contributed by atoms with Gasteiger partial charge in [0, 0.05) is 10.1 Å². The zero-order valence-electron chi connectivity index (χ0n) is 8.90. The molecule has 2 rings (SSSR count). The first kappa shape index (κ1) is 11.1. The van der Waals surface area contributed by atoms with Gasteiger partial charge in [0.05, 0.1) is 15.3 Å². The average molecular weight is 239 g/mol. The second kappa shape index (κ2) is 3.59. The Morgan fingerprint density at radius 2 is 2.12 bits per heavy atom. The molecule has 0 bridgehead atoms. The summed E-state index contributed by atoms with van der Waals surface area (Å²) in [6.07, 6.45) is 1.67. The maximum Gasteiger partial charge on any atom is 0.335 e. The molecule has 4 nitrogen and oxygen atoms in total. The fourth-order valence-corrected chi connectivity index (χ4v) is 3.46. The lowest BCUT2D eigenvalue weighted by atomic mass is 10.1. The van der Waals surface area contributed by atoms with Crippen molar-refractivity contribution in [3.05, 3.63) is 29.3 Å². The van der Waals surface area contributed by atoms with Gasteiger partial charge in [-0.25, -0.2) is 13.8 Å². The summed E-state index contributed by atoms with van der Waals surface area (Å²) in [4.78, 5) is 11.3. The van der Waals surface area contributed by atoms with E-state index in [-0.39, 0.29) is 10.8 Å². The van der Waals surface area contributed by atoms with Gasteiger partial charge in [0.25, 0.3) is 0 Å². The largest absolute Gasteiger partial charge is 0.478 e. The van der Waals surface area contributed by atoms with E-state index in [0.29, 0.717) is 10.5 Å². The molecule has 86 valence electrons. The van der Waals surface area contributed by atoms with Gasteiger partial charge in [-0.1, -0.05) is 0 Å². The third-order valence-electron chi connectivity index (χ3n) is 2.77. The molecule has 1 saturated carbocycles. The summed E-state index contributed by atoms with van der Waals surface area (Å²) in [5, 5.41) is 8.82. The summed E-state index contributed by atoms with van der Waals surface area (Å²) in [6.45, 7) is 1.66. The van der Waals surface area contributed by atoms with Crippen molar-refractivity contribution >= 4 is 15.7 Å². The van der Waals surface area contributed by atoms with E-state index in [1.807, 2.05) is 0 Å². The number of carboxylic acid groups (broad SMARTS) is 1. The number of aromatic carboxylic acids is 1. The lowest BCUT2D eigenvalue weighted by Gasteiger charge is -2.08. The SMILES string of the molecule is Cc1cc(S(=N)(=O)C2CC2)ccc1C(=O)O. The Morgan fingerprint density at radius 3 is 2.56 bits per heavy atom. The van der Waals surface area contributed by atoms with Crippen LogP contribution in [0.4, 0.5) is 0 Å². The molecule has 5 heteroatoms. The number of hydrogen-bond donors (Lipinski definition) is 2. The zero-order valence-corrected chi connectivity index (χ0v) is 9.71. The molecule has 2 N–H and O–H groups in total. The second-order valence-electron chi connectivity index (χ2n) is 4.08. The molecule has 0 heterocycles. The zero-order chi connectivity index (χ0) is 11.9. The van der Waals surface area contributed by atoms with Gasteiger partial charge in [-0.3, -0.25) is 0 Å². The Bertz CT molecular complexity index is 544. The van der Waals surface area contributed by atoms with Crippen molar-refractivity contribution in [2.75, 3.05) is 0 Å². The number of benzene rings is 1. The third-order valence-corrected chi connectivity index (χ3v) is 5.14. The highest BCUT2D eigenvalue weighted by Gasteiger charge is 2.33. The average Bonchev–Trinajstić information content (AvgIpc) is 2.99. The second-order valence-corrected chi connectivity index (χ2v) is 6.42. The molecule has 1 aromatic carbocycles. The van der Waals surface area contributed by atoms with E-state index in [4.69, 9.17) is 9.89 Å². The maximum absolute atomic E-state index is 12.1. The predicted octanol–water partition coefficient (Wildman–Crippen LogP) is 2.26. The molecule has 1 unspecified atom stereocenters. The van der Waals surface area contributed by atoms with Crippen LogP contribution in [0.2, 0.25) is 0 Å². The maximum atomic E-state index is 12.1. The fourth-order valence-electron chi connectivity index (χ4n) is 1.66. The van der Waals surface area contributed by atoms with Crippen molar-refractivity contribution < 1.29 is 14.1 Å². The van der Waals surface area contributed by atoms with Crippen LogP contribution in [-0.2, 0) is 9.73 Å². The fraction of sp³-hybridized carbons (Fsp3) is 0.364. The Hall–Kier alpha value is -1.36. The molecule has 0 aromatic heterocycles. The first-order valence-electron chi connectivity index (χ1n) is 5.04. The van der Waals surface area contributed by atoms with Crippen LogP contribution in [0.15, 0.2) is 23.1 Å². The minimum Gasteiger partial charge on any atom is -0.478 e. The van der Waals surface area contributed by atoms with Crippen LogP contribution in [0.25, 0.3) is 0 Å². The molecule has 1 aliphatic carbocycles. The van der Waals surface area contributed by atoms with Crippen molar-refractivity contribution in [1.82, 2.24) is 0 Å². The summed E-state index contributed by atoms with van der Waals surface area (Å²) in [6, 6.07) is 4.50. The highest BCUT2D eigenvalue weighted by molar-refractivity contribution is 7.93. The van der Waals surface area contributed by atoms with E-state index >= 15 is 0 Å². The van der Waals surface area contributed by atoms with Gasteiger partial charge >= 0.3 is 5.97 Å². The third kappa shape index (κ3) is 1.82. The molecule has 1 aliphatic rings. The summed E-state index contributed by atoms with van der Waals surface area (Å²) in [7, 11) is -2.72. The van der Waals surface area contributed by atoms with E-state index in [1.165, 1.54) is 12.1 Å². The highest BCUT2D eigenvalue weighted by atomic mass is 32.2. The molecule has 1 fully saturated rings. The summed E-state index contributed by atoms with van der Waals surface area (Å²) in [5.41, 5.74) is 0.764. The van der Waals surface area contributed by atoms with Gasteiger partial charge in [0.1, 0.15) is 0 Å². The Morgan fingerprint density at radius 1 is 1.50 bits per heavy atom. The van der Waals surface area contributed by atoms with Gasteiger partial charge in [0.2, 0.25) is 0 Å².